The number of aliphatic hydroxyl groups is 2. The fourth-order valence-electron chi connectivity index (χ4n) is 1.58. The quantitative estimate of drug-likeness (QED) is 0.576. The highest BCUT2D eigenvalue weighted by Gasteiger charge is 2.27. The van der Waals surface area contributed by atoms with Gasteiger partial charge in [0.05, 0.1) is 13.3 Å². The molecule has 8 heteroatoms. The largest absolute Gasteiger partial charge is 0.464 e. The molecule has 106 valence electrons. The molecule has 0 aliphatic heterocycles. The Kier molecular flexibility index (Phi) is 5.02. The van der Waals surface area contributed by atoms with E-state index < -0.39 is 18.2 Å². The van der Waals surface area contributed by atoms with Crippen LogP contribution in [-0.2, 0) is 16.6 Å². The molecule has 3 N–H and O–H groups in total. The van der Waals surface area contributed by atoms with E-state index in [0.29, 0.717) is 0 Å². The molecule has 2 atom stereocenters. The highest BCUT2D eigenvalue weighted by Crippen LogP contribution is 2.21. The lowest BCUT2D eigenvalue weighted by Gasteiger charge is -2.18. The van der Waals surface area contributed by atoms with E-state index in [2.05, 4.69) is 15.2 Å². The van der Waals surface area contributed by atoms with Gasteiger partial charge in [-0.15, -0.1) is 0 Å². The minimum absolute atomic E-state index is 0.0527. The topological polar surface area (TPSA) is 114 Å². The fourth-order valence-corrected chi connectivity index (χ4v) is 1.58. The lowest BCUT2D eigenvalue weighted by atomic mass is 10.0. The van der Waals surface area contributed by atoms with Gasteiger partial charge in [0.15, 0.2) is 5.69 Å². The molecule has 0 radical (unpaired) electrons. The maximum absolute atomic E-state index is 11.6. The van der Waals surface area contributed by atoms with Gasteiger partial charge < -0.3 is 20.3 Å². The highest BCUT2D eigenvalue weighted by molar-refractivity contribution is 5.89. The molecule has 1 rings (SSSR count). The van der Waals surface area contributed by atoms with Crippen molar-refractivity contribution in [1.29, 1.82) is 0 Å². The number of carbonyl (C=O) groups excluding carboxylic acids is 2. The van der Waals surface area contributed by atoms with E-state index in [1.165, 1.54) is 32.0 Å². The number of methoxy groups -OCH3 is 1. The summed E-state index contributed by atoms with van der Waals surface area (Å²) in [6, 6.07) is 0. The molecule has 0 aliphatic rings. The predicted molar refractivity (Wildman–Crippen MR) is 64.2 cm³/mol. The van der Waals surface area contributed by atoms with E-state index in [9.17, 15) is 19.8 Å². The van der Waals surface area contributed by atoms with Crippen LogP contribution in [0.3, 0.4) is 0 Å². The van der Waals surface area contributed by atoms with Crippen LogP contribution in [0.15, 0.2) is 6.20 Å². The zero-order valence-corrected chi connectivity index (χ0v) is 11.0. The number of hydrogen-bond donors (Lipinski definition) is 3. The second kappa shape index (κ2) is 6.30. The Bertz CT molecular complexity index is 471. The maximum Gasteiger partial charge on any atom is 0.356 e. The summed E-state index contributed by atoms with van der Waals surface area (Å²) in [5, 5.41) is 25.9. The summed E-state index contributed by atoms with van der Waals surface area (Å²) in [6.45, 7) is 1.16. The fraction of sp³-hybridized carbons (Fsp3) is 0.545. The van der Waals surface area contributed by atoms with E-state index in [1.54, 1.807) is 0 Å². The summed E-state index contributed by atoms with van der Waals surface area (Å²) in [7, 11) is 2.72. The minimum atomic E-state index is -1.35. The SMILES string of the molecule is COC(=O)c1c(C(O)C(O)CNC(C)=O)cnn1C. The van der Waals surface area contributed by atoms with Crippen molar-refractivity contribution in [1.82, 2.24) is 15.1 Å². The molecule has 0 aromatic carbocycles. The van der Waals surface area contributed by atoms with Gasteiger partial charge in [-0.1, -0.05) is 0 Å². The van der Waals surface area contributed by atoms with E-state index in [4.69, 9.17) is 0 Å². The van der Waals surface area contributed by atoms with Crippen molar-refractivity contribution in [2.45, 2.75) is 19.1 Å². The van der Waals surface area contributed by atoms with Crippen molar-refractivity contribution in [2.24, 2.45) is 7.05 Å². The number of rotatable bonds is 5. The Morgan fingerprint density at radius 2 is 2.16 bits per heavy atom. The molecule has 0 fully saturated rings. The van der Waals surface area contributed by atoms with Crippen molar-refractivity contribution in [3.8, 4) is 0 Å². The molecule has 0 saturated heterocycles. The van der Waals surface area contributed by atoms with E-state index >= 15 is 0 Å². The summed E-state index contributed by atoms with van der Waals surface area (Å²) in [6.07, 6.45) is -1.33. The second-order valence-electron chi connectivity index (χ2n) is 4.01. The number of nitrogens with one attached hydrogen (secondary N) is 1. The average Bonchev–Trinajstić information content (AvgIpc) is 2.75. The van der Waals surface area contributed by atoms with Crippen molar-refractivity contribution in [3.05, 3.63) is 17.5 Å². The van der Waals surface area contributed by atoms with Crippen LogP contribution in [0, 0.1) is 0 Å². The Balaban J connectivity index is 2.90. The summed E-state index contributed by atoms with van der Waals surface area (Å²) < 4.78 is 5.83. The van der Waals surface area contributed by atoms with Gasteiger partial charge in [0.2, 0.25) is 5.91 Å². The lowest BCUT2D eigenvalue weighted by molar-refractivity contribution is -0.119. The molecule has 1 amide bonds. The number of aromatic nitrogens is 2. The van der Waals surface area contributed by atoms with Crippen molar-refractivity contribution < 1.29 is 24.5 Å². The van der Waals surface area contributed by atoms with E-state index in [0.717, 1.165) is 0 Å². The average molecular weight is 271 g/mol. The zero-order chi connectivity index (χ0) is 14.6. The third kappa shape index (κ3) is 3.52. The van der Waals surface area contributed by atoms with Crippen LogP contribution in [0.2, 0.25) is 0 Å². The van der Waals surface area contributed by atoms with Crippen LogP contribution in [0.4, 0.5) is 0 Å². The van der Waals surface area contributed by atoms with Crippen molar-refractivity contribution >= 4 is 11.9 Å². The smallest absolute Gasteiger partial charge is 0.356 e. The monoisotopic (exact) mass is 271 g/mol. The number of hydrogen-bond acceptors (Lipinski definition) is 6. The number of ether oxygens (including phenoxy) is 1. The summed E-state index contributed by atoms with van der Waals surface area (Å²) in [4.78, 5) is 22.3. The predicted octanol–water partition coefficient (Wildman–Crippen LogP) is -1.26. The molecule has 1 aromatic heterocycles. The molecule has 8 nitrogen and oxygen atoms in total. The molecular formula is C11H17N3O5. The maximum atomic E-state index is 11.6. The van der Waals surface area contributed by atoms with Crippen LogP contribution >= 0.6 is 0 Å². The Labute approximate surface area is 110 Å². The molecule has 0 bridgehead atoms. The molecule has 0 aliphatic carbocycles. The van der Waals surface area contributed by atoms with Crippen LogP contribution in [-0.4, -0.2) is 51.6 Å². The first-order valence-electron chi connectivity index (χ1n) is 5.59. The third-order valence-corrected chi connectivity index (χ3v) is 2.59. The first-order valence-corrected chi connectivity index (χ1v) is 5.59. The van der Waals surface area contributed by atoms with Gasteiger partial charge in [-0.3, -0.25) is 9.48 Å². The van der Waals surface area contributed by atoms with Gasteiger partial charge in [0, 0.05) is 26.1 Å². The number of carbonyl (C=O) groups is 2. The van der Waals surface area contributed by atoms with Gasteiger partial charge in [-0.25, -0.2) is 4.79 Å². The van der Waals surface area contributed by atoms with Gasteiger partial charge in [-0.05, 0) is 0 Å². The first kappa shape index (κ1) is 15.1. The number of aryl methyl sites for hydroxylation is 1. The number of aliphatic hydroxyl groups excluding tert-OH is 2. The van der Waals surface area contributed by atoms with Gasteiger partial charge in [0.1, 0.15) is 12.2 Å². The molecule has 0 spiro atoms. The third-order valence-electron chi connectivity index (χ3n) is 2.59. The van der Waals surface area contributed by atoms with Gasteiger partial charge >= 0.3 is 5.97 Å². The minimum Gasteiger partial charge on any atom is -0.464 e. The summed E-state index contributed by atoms with van der Waals surface area (Å²) in [5.41, 5.74) is 0.198. The molecular weight excluding hydrogens is 254 g/mol. The Morgan fingerprint density at radius 3 is 2.68 bits per heavy atom. The Morgan fingerprint density at radius 1 is 1.53 bits per heavy atom. The Hall–Kier alpha value is -1.93. The first-order chi connectivity index (χ1) is 8.88. The standard InChI is InChI=1S/C11H17N3O5/c1-6(15)12-5-8(16)10(17)7-4-13-14(2)9(7)11(18)19-3/h4,8,10,16-17H,5H2,1-3H3,(H,12,15). The van der Waals surface area contributed by atoms with Crippen LogP contribution in [0.1, 0.15) is 29.1 Å². The van der Waals surface area contributed by atoms with Gasteiger partial charge in [-0.2, -0.15) is 5.10 Å². The summed E-state index contributed by atoms with van der Waals surface area (Å²) >= 11 is 0. The molecule has 1 aromatic rings. The number of esters is 1. The zero-order valence-electron chi connectivity index (χ0n) is 11.0. The molecule has 0 saturated carbocycles. The number of nitrogens with zero attached hydrogens (tertiary/aromatic N) is 2. The van der Waals surface area contributed by atoms with E-state index in [1.807, 2.05) is 0 Å². The van der Waals surface area contributed by atoms with Gasteiger partial charge in [0.25, 0.3) is 0 Å². The number of amides is 1. The lowest BCUT2D eigenvalue weighted by Crippen LogP contribution is -2.34. The van der Waals surface area contributed by atoms with Crippen molar-refractivity contribution in [2.75, 3.05) is 13.7 Å². The second-order valence-corrected chi connectivity index (χ2v) is 4.01. The normalized spacial score (nSPS) is 13.7. The van der Waals surface area contributed by atoms with Crippen LogP contribution in [0.25, 0.3) is 0 Å². The summed E-state index contributed by atoms with van der Waals surface area (Å²) in [5.74, 6) is -0.994. The highest BCUT2D eigenvalue weighted by atomic mass is 16.5. The molecule has 2 unspecified atom stereocenters. The van der Waals surface area contributed by atoms with E-state index in [-0.39, 0.29) is 23.7 Å². The van der Waals surface area contributed by atoms with Crippen molar-refractivity contribution in [3.63, 3.8) is 0 Å². The molecule has 1 heterocycles. The van der Waals surface area contributed by atoms with Crippen LogP contribution in [0.5, 0.6) is 0 Å². The van der Waals surface area contributed by atoms with Crippen LogP contribution < -0.4 is 5.32 Å². The molecule has 19 heavy (non-hydrogen) atoms.